The van der Waals surface area contributed by atoms with Crippen molar-refractivity contribution in [3.63, 3.8) is 0 Å². The van der Waals surface area contributed by atoms with Crippen LogP contribution in [-0.2, 0) is 24.3 Å². The molecule has 9 nitrogen and oxygen atoms in total. The van der Waals surface area contributed by atoms with Gasteiger partial charge in [0, 0.05) is 30.2 Å². The molecule has 1 N–H and O–H groups in total. The molecule has 0 bridgehead atoms. The fraction of sp³-hybridized carbons (Fsp3) is 0.194. The van der Waals surface area contributed by atoms with Crippen LogP contribution in [0.25, 0.3) is 22.4 Å². The third-order valence-corrected chi connectivity index (χ3v) is 7.05. The normalized spacial score (nSPS) is 14.4. The van der Waals surface area contributed by atoms with Crippen molar-refractivity contribution in [3.05, 3.63) is 107 Å². The minimum atomic E-state index is -1.14. The molecule has 11 heteroatoms. The molecular formula is C31H23F2N5O4. The SMILES string of the molecule is N#Cc1ccc(COc2cccc(-c3ccc(Cc4nc5ccc(C(=O)O)nc5n4CC4CCO4)c(F)c3)n2)c(F)c1. The van der Waals surface area contributed by atoms with Gasteiger partial charge in [-0.25, -0.2) is 28.5 Å². The van der Waals surface area contributed by atoms with E-state index < -0.39 is 17.6 Å². The zero-order valence-corrected chi connectivity index (χ0v) is 22.1. The summed E-state index contributed by atoms with van der Waals surface area (Å²) in [6, 6.07) is 18.9. The predicted molar refractivity (Wildman–Crippen MR) is 147 cm³/mol. The molecule has 4 heterocycles. The van der Waals surface area contributed by atoms with Gasteiger partial charge in [-0.05, 0) is 48.4 Å². The first-order valence-electron chi connectivity index (χ1n) is 13.2. The van der Waals surface area contributed by atoms with Gasteiger partial charge in [0.25, 0.3) is 0 Å². The number of nitrogens with zero attached hydrogens (tertiary/aromatic N) is 5. The number of hydrogen-bond donors (Lipinski definition) is 1. The van der Waals surface area contributed by atoms with Crippen LogP contribution >= 0.6 is 0 Å². The first-order valence-corrected chi connectivity index (χ1v) is 13.2. The van der Waals surface area contributed by atoms with E-state index >= 15 is 4.39 Å². The Morgan fingerprint density at radius 1 is 1.05 bits per heavy atom. The number of pyridine rings is 2. The lowest BCUT2D eigenvalue weighted by atomic mass is 10.1. The molecule has 210 valence electrons. The molecule has 0 saturated carbocycles. The Morgan fingerprint density at radius 2 is 1.86 bits per heavy atom. The number of carboxylic acids is 1. The molecule has 42 heavy (non-hydrogen) atoms. The van der Waals surface area contributed by atoms with E-state index in [2.05, 4.69) is 15.0 Å². The molecule has 0 amide bonds. The van der Waals surface area contributed by atoms with Crippen molar-refractivity contribution >= 4 is 17.1 Å². The Morgan fingerprint density at radius 3 is 2.57 bits per heavy atom. The minimum absolute atomic E-state index is 0.0439. The number of benzene rings is 2. The van der Waals surface area contributed by atoms with Crippen molar-refractivity contribution in [2.75, 3.05) is 6.61 Å². The van der Waals surface area contributed by atoms with Crippen molar-refractivity contribution in [1.29, 1.82) is 5.26 Å². The zero-order chi connectivity index (χ0) is 29.2. The highest BCUT2D eigenvalue weighted by Crippen LogP contribution is 2.26. The van der Waals surface area contributed by atoms with Crippen LogP contribution in [0, 0.1) is 23.0 Å². The van der Waals surface area contributed by atoms with Gasteiger partial charge in [-0.2, -0.15) is 5.26 Å². The molecule has 0 radical (unpaired) electrons. The number of aromatic nitrogens is 4. The van der Waals surface area contributed by atoms with E-state index in [1.54, 1.807) is 41.0 Å². The molecule has 0 spiro atoms. The fourth-order valence-electron chi connectivity index (χ4n) is 4.69. The lowest BCUT2D eigenvalue weighted by Crippen LogP contribution is -2.32. The highest BCUT2D eigenvalue weighted by atomic mass is 19.1. The molecule has 2 aromatic carbocycles. The summed E-state index contributed by atoms with van der Waals surface area (Å²) in [5.74, 6) is -1.36. The van der Waals surface area contributed by atoms with E-state index in [9.17, 15) is 14.3 Å². The third kappa shape index (κ3) is 5.53. The van der Waals surface area contributed by atoms with Crippen molar-refractivity contribution in [2.24, 2.45) is 0 Å². The van der Waals surface area contributed by atoms with Crippen molar-refractivity contribution in [1.82, 2.24) is 19.5 Å². The second kappa shape index (κ2) is 11.3. The van der Waals surface area contributed by atoms with Gasteiger partial charge in [0.1, 0.15) is 29.6 Å². The Labute approximate surface area is 238 Å². The maximum absolute atomic E-state index is 15.4. The van der Waals surface area contributed by atoms with Crippen molar-refractivity contribution in [2.45, 2.75) is 32.1 Å². The van der Waals surface area contributed by atoms with Gasteiger partial charge in [0.15, 0.2) is 11.3 Å². The van der Waals surface area contributed by atoms with E-state index in [4.69, 9.17) is 14.7 Å². The van der Waals surface area contributed by atoms with E-state index in [-0.39, 0.29) is 41.8 Å². The fourth-order valence-corrected chi connectivity index (χ4v) is 4.69. The van der Waals surface area contributed by atoms with Crippen LogP contribution in [0.15, 0.2) is 66.7 Å². The molecule has 1 fully saturated rings. The zero-order valence-electron chi connectivity index (χ0n) is 22.1. The number of nitriles is 1. The summed E-state index contributed by atoms with van der Waals surface area (Å²) in [5, 5.41) is 18.3. The molecule has 0 aliphatic carbocycles. The van der Waals surface area contributed by atoms with Crippen LogP contribution < -0.4 is 4.74 Å². The Bertz CT molecular complexity index is 1860. The van der Waals surface area contributed by atoms with E-state index in [1.807, 2.05) is 6.07 Å². The van der Waals surface area contributed by atoms with Gasteiger partial charge >= 0.3 is 5.97 Å². The lowest BCUT2D eigenvalue weighted by molar-refractivity contribution is -0.0590. The largest absolute Gasteiger partial charge is 0.477 e. The molecule has 6 rings (SSSR count). The van der Waals surface area contributed by atoms with Gasteiger partial charge in [-0.1, -0.05) is 24.3 Å². The maximum atomic E-state index is 15.4. The number of carbonyl (C=O) groups is 1. The number of aromatic carboxylic acids is 1. The molecule has 1 aliphatic rings. The smallest absolute Gasteiger partial charge is 0.354 e. The summed E-state index contributed by atoms with van der Waals surface area (Å²) in [5.41, 5.74) is 2.73. The van der Waals surface area contributed by atoms with E-state index in [0.29, 0.717) is 47.0 Å². The van der Waals surface area contributed by atoms with Gasteiger partial charge in [-0.3, -0.25) is 0 Å². The van der Waals surface area contributed by atoms with Crippen LogP contribution in [0.2, 0.25) is 0 Å². The number of imidazole rings is 1. The topological polar surface area (TPSA) is 123 Å². The number of rotatable bonds is 9. The Kier molecular flexibility index (Phi) is 7.29. The molecule has 3 aromatic heterocycles. The summed E-state index contributed by atoms with van der Waals surface area (Å²) in [6.45, 7) is 1.00. The summed E-state index contributed by atoms with van der Waals surface area (Å²) in [4.78, 5) is 24.8. The average molecular weight is 568 g/mol. The molecule has 1 unspecified atom stereocenters. The standard InChI is InChI=1S/C31H23F2N5O4/c32-23-12-18(15-34)4-5-21(23)17-42-29-3-1-2-25(36-29)20-7-6-19(24(33)13-20)14-28-35-26-8-9-27(31(39)40)37-30(26)38(28)16-22-10-11-41-22/h1-9,12-13,22H,10-11,14,16-17H2,(H,39,40). The number of fused-ring (bicyclic) bond motifs is 1. The Balaban J connectivity index is 1.23. The predicted octanol–water partition coefficient (Wildman–Crippen LogP) is 5.30. The molecule has 1 atom stereocenters. The molecule has 5 aromatic rings. The van der Waals surface area contributed by atoms with Gasteiger partial charge < -0.3 is 19.1 Å². The van der Waals surface area contributed by atoms with Crippen LogP contribution in [0.4, 0.5) is 8.78 Å². The molecule has 1 saturated heterocycles. The minimum Gasteiger partial charge on any atom is -0.477 e. The van der Waals surface area contributed by atoms with Crippen molar-refractivity contribution in [3.8, 4) is 23.2 Å². The summed E-state index contributed by atoms with van der Waals surface area (Å²) < 4.78 is 42.7. The molecular weight excluding hydrogens is 544 g/mol. The number of ether oxygens (including phenoxy) is 2. The first kappa shape index (κ1) is 27.0. The highest BCUT2D eigenvalue weighted by Gasteiger charge is 2.24. The monoisotopic (exact) mass is 567 g/mol. The van der Waals surface area contributed by atoms with Crippen LogP contribution in [0.3, 0.4) is 0 Å². The number of halogens is 2. The summed E-state index contributed by atoms with van der Waals surface area (Å²) in [7, 11) is 0. The second-order valence-electron chi connectivity index (χ2n) is 9.82. The number of hydrogen-bond acceptors (Lipinski definition) is 7. The van der Waals surface area contributed by atoms with E-state index in [1.165, 1.54) is 24.3 Å². The van der Waals surface area contributed by atoms with Crippen LogP contribution in [-0.4, -0.2) is 43.3 Å². The third-order valence-electron chi connectivity index (χ3n) is 7.05. The number of carboxylic acid groups (broad SMARTS) is 1. The maximum Gasteiger partial charge on any atom is 0.354 e. The van der Waals surface area contributed by atoms with Gasteiger partial charge in [0.05, 0.1) is 30.0 Å². The van der Waals surface area contributed by atoms with E-state index in [0.717, 1.165) is 12.5 Å². The molecule has 1 aliphatic heterocycles. The first-order chi connectivity index (χ1) is 20.4. The van der Waals surface area contributed by atoms with Crippen LogP contribution in [0.1, 0.15) is 39.4 Å². The van der Waals surface area contributed by atoms with Crippen LogP contribution in [0.5, 0.6) is 5.88 Å². The van der Waals surface area contributed by atoms with Gasteiger partial charge in [-0.15, -0.1) is 0 Å². The second-order valence-corrected chi connectivity index (χ2v) is 9.82. The summed E-state index contributed by atoms with van der Waals surface area (Å²) >= 11 is 0. The Hall–Kier alpha value is -5.21. The summed E-state index contributed by atoms with van der Waals surface area (Å²) in [6.07, 6.45) is 0.973. The average Bonchev–Trinajstić information content (AvgIpc) is 3.31. The highest BCUT2D eigenvalue weighted by molar-refractivity contribution is 5.88. The quantitative estimate of drug-likeness (QED) is 0.255. The van der Waals surface area contributed by atoms with Crippen molar-refractivity contribution < 1.29 is 28.2 Å². The lowest BCUT2D eigenvalue weighted by Gasteiger charge is -2.27. The van der Waals surface area contributed by atoms with Gasteiger partial charge in [0.2, 0.25) is 5.88 Å².